The third kappa shape index (κ3) is 2.12. The molecule has 90 valence electrons. The van der Waals surface area contributed by atoms with Crippen LogP contribution in [0.4, 0.5) is 5.82 Å². The lowest BCUT2D eigenvalue weighted by Crippen LogP contribution is -2.00. The minimum atomic E-state index is 0.247. The van der Waals surface area contributed by atoms with Crippen LogP contribution in [-0.4, -0.2) is 15.1 Å². The smallest absolute Gasteiger partial charge is 0.134 e. The van der Waals surface area contributed by atoms with Gasteiger partial charge in [-0.2, -0.15) is 0 Å². The molecule has 0 spiro atoms. The van der Waals surface area contributed by atoms with Crippen LogP contribution >= 0.6 is 11.3 Å². The summed E-state index contributed by atoms with van der Waals surface area (Å²) in [5.41, 5.74) is 1.80. The number of benzene rings is 1. The SMILES string of the molecule is Oc1ccc2ccnc(NCc3cncs3)c2c1. The van der Waals surface area contributed by atoms with Crippen molar-refractivity contribution in [3.63, 3.8) is 0 Å². The van der Waals surface area contributed by atoms with Gasteiger partial charge in [-0.05, 0) is 23.6 Å². The lowest BCUT2D eigenvalue weighted by atomic mass is 10.1. The van der Waals surface area contributed by atoms with Gasteiger partial charge in [-0.3, -0.25) is 4.98 Å². The minimum Gasteiger partial charge on any atom is -0.508 e. The van der Waals surface area contributed by atoms with Crippen LogP contribution in [0.5, 0.6) is 5.75 Å². The molecule has 0 radical (unpaired) electrons. The van der Waals surface area contributed by atoms with Crippen molar-refractivity contribution >= 4 is 27.9 Å². The van der Waals surface area contributed by atoms with E-state index in [1.54, 1.807) is 35.2 Å². The molecule has 2 aromatic heterocycles. The van der Waals surface area contributed by atoms with Crippen molar-refractivity contribution in [1.82, 2.24) is 9.97 Å². The van der Waals surface area contributed by atoms with Crippen LogP contribution in [0.1, 0.15) is 4.88 Å². The second-order valence-electron chi connectivity index (χ2n) is 3.89. The first-order chi connectivity index (χ1) is 8.83. The fourth-order valence-corrected chi connectivity index (χ4v) is 2.33. The number of hydrogen-bond acceptors (Lipinski definition) is 5. The lowest BCUT2D eigenvalue weighted by molar-refractivity contribution is 0.476. The fraction of sp³-hybridized carbons (Fsp3) is 0.0769. The predicted molar refractivity (Wildman–Crippen MR) is 72.8 cm³/mol. The molecule has 0 aliphatic rings. The third-order valence-corrected chi connectivity index (χ3v) is 3.44. The number of nitrogens with one attached hydrogen (secondary N) is 1. The van der Waals surface area contributed by atoms with Crippen LogP contribution in [0.15, 0.2) is 42.2 Å². The molecule has 0 aliphatic heterocycles. The van der Waals surface area contributed by atoms with Crippen molar-refractivity contribution < 1.29 is 5.11 Å². The second kappa shape index (κ2) is 4.62. The molecule has 4 nitrogen and oxygen atoms in total. The van der Waals surface area contributed by atoms with E-state index in [0.717, 1.165) is 21.5 Å². The zero-order valence-electron chi connectivity index (χ0n) is 9.50. The average Bonchev–Trinajstić information content (AvgIpc) is 2.89. The number of phenols is 1. The van der Waals surface area contributed by atoms with Gasteiger partial charge in [0.2, 0.25) is 0 Å². The van der Waals surface area contributed by atoms with Gasteiger partial charge in [-0.25, -0.2) is 4.98 Å². The molecule has 0 fully saturated rings. The van der Waals surface area contributed by atoms with E-state index >= 15 is 0 Å². The van der Waals surface area contributed by atoms with Crippen molar-refractivity contribution in [3.8, 4) is 5.75 Å². The molecule has 2 heterocycles. The number of aromatic nitrogens is 2. The van der Waals surface area contributed by atoms with Crippen LogP contribution < -0.4 is 5.32 Å². The molecule has 3 rings (SSSR count). The lowest BCUT2D eigenvalue weighted by Gasteiger charge is -2.07. The van der Waals surface area contributed by atoms with Gasteiger partial charge >= 0.3 is 0 Å². The zero-order valence-corrected chi connectivity index (χ0v) is 10.3. The Morgan fingerprint density at radius 3 is 3.06 bits per heavy atom. The first kappa shape index (κ1) is 11.0. The number of nitrogens with zero attached hydrogens (tertiary/aromatic N) is 2. The maximum Gasteiger partial charge on any atom is 0.134 e. The summed E-state index contributed by atoms with van der Waals surface area (Å²) >= 11 is 1.60. The molecule has 0 saturated carbocycles. The Labute approximate surface area is 108 Å². The Hall–Kier alpha value is -2.14. The number of aromatic hydroxyl groups is 1. The van der Waals surface area contributed by atoms with E-state index in [4.69, 9.17) is 0 Å². The molecule has 0 saturated heterocycles. The van der Waals surface area contributed by atoms with Gasteiger partial charge in [0.05, 0.1) is 12.1 Å². The summed E-state index contributed by atoms with van der Waals surface area (Å²) in [5, 5.41) is 14.8. The number of pyridine rings is 1. The number of fused-ring (bicyclic) bond motifs is 1. The molecule has 3 aromatic rings. The standard InChI is InChI=1S/C13H11N3OS/c17-10-2-1-9-3-4-15-13(12(9)5-10)16-7-11-6-14-8-18-11/h1-6,8,17H,7H2,(H,15,16). The number of hydrogen-bond donors (Lipinski definition) is 2. The topological polar surface area (TPSA) is 58.0 Å². The van der Waals surface area contributed by atoms with Gasteiger partial charge in [-0.1, -0.05) is 6.07 Å². The molecule has 18 heavy (non-hydrogen) atoms. The molecular weight excluding hydrogens is 246 g/mol. The van der Waals surface area contributed by atoms with Gasteiger partial charge in [0, 0.05) is 22.7 Å². The summed E-state index contributed by atoms with van der Waals surface area (Å²) in [4.78, 5) is 9.49. The first-order valence-electron chi connectivity index (χ1n) is 5.52. The summed E-state index contributed by atoms with van der Waals surface area (Å²) in [7, 11) is 0. The number of phenolic OH excluding ortho intramolecular Hbond substituents is 1. The van der Waals surface area contributed by atoms with Gasteiger partial charge in [0.15, 0.2) is 0 Å². The van der Waals surface area contributed by atoms with Crippen LogP contribution in [0.3, 0.4) is 0 Å². The van der Waals surface area contributed by atoms with E-state index in [9.17, 15) is 5.11 Å². The summed E-state index contributed by atoms with van der Waals surface area (Å²) in [6.45, 7) is 0.687. The maximum absolute atomic E-state index is 9.54. The Balaban J connectivity index is 1.93. The van der Waals surface area contributed by atoms with Crippen LogP contribution in [0.2, 0.25) is 0 Å². The Bertz CT molecular complexity index is 667. The van der Waals surface area contributed by atoms with Crippen molar-refractivity contribution in [1.29, 1.82) is 0 Å². The summed E-state index contributed by atoms with van der Waals surface area (Å²) in [6.07, 6.45) is 3.59. The summed E-state index contributed by atoms with van der Waals surface area (Å²) < 4.78 is 0. The Kier molecular flexibility index (Phi) is 2.82. The monoisotopic (exact) mass is 257 g/mol. The second-order valence-corrected chi connectivity index (χ2v) is 4.86. The van der Waals surface area contributed by atoms with Crippen molar-refractivity contribution in [2.45, 2.75) is 6.54 Å². The van der Waals surface area contributed by atoms with Crippen molar-refractivity contribution in [2.75, 3.05) is 5.32 Å². The number of anilines is 1. The van der Waals surface area contributed by atoms with E-state index in [2.05, 4.69) is 15.3 Å². The quantitative estimate of drug-likeness (QED) is 0.757. The van der Waals surface area contributed by atoms with Gasteiger partial charge < -0.3 is 10.4 Å². The third-order valence-electron chi connectivity index (χ3n) is 2.66. The fourth-order valence-electron chi connectivity index (χ4n) is 1.80. The van der Waals surface area contributed by atoms with Crippen LogP contribution in [0.25, 0.3) is 10.8 Å². The zero-order chi connectivity index (χ0) is 12.4. The van der Waals surface area contributed by atoms with E-state index in [-0.39, 0.29) is 5.75 Å². The summed E-state index contributed by atoms with van der Waals surface area (Å²) in [6, 6.07) is 7.20. The minimum absolute atomic E-state index is 0.247. The predicted octanol–water partition coefficient (Wildman–Crippen LogP) is 3.01. The Morgan fingerprint density at radius 1 is 1.28 bits per heavy atom. The number of thiazole rings is 1. The van der Waals surface area contributed by atoms with E-state index in [0.29, 0.717) is 6.54 Å². The average molecular weight is 257 g/mol. The molecule has 0 amide bonds. The highest BCUT2D eigenvalue weighted by molar-refractivity contribution is 7.09. The van der Waals surface area contributed by atoms with Gasteiger partial charge in [0.25, 0.3) is 0 Å². The molecule has 5 heteroatoms. The van der Waals surface area contributed by atoms with Crippen LogP contribution in [-0.2, 0) is 6.54 Å². The number of rotatable bonds is 3. The molecular formula is C13H11N3OS. The highest BCUT2D eigenvalue weighted by Crippen LogP contribution is 2.25. The highest BCUT2D eigenvalue weighted by atomic mass is 32.1. The van der Waals surface area contributed by atoms with Crippen molar-refractivity contribution in [3.05, 3.63) is 47.0 Å². The first-order valence-corrected chi connectivity index (χ1v) is 6.40. The van der Waals surface area contributed by atoms with E-state index in [1.165, 1.54) is 0 Å². The molecule has 0 aliphatic carbocycles. The molecule has 1 aromatic carbocycles. The highest BCUT2D eigenvalue weighted by Gasteiger charge is 2.03. The molecule has 0 unspecified atom stereocenters. The van der Waals surface area contributed by atoms with Gasteiger partial charge in [0.1, 0.15) is 11.6 Å². The molecule has 2 N–H and O–H groups in total. The molecule has 0 bridgehead atoms. The molecule has 0 atom stereocenters. The normalized spacial score (nSPS) is 10.7. The van der Waals surface area contributed by atoms with Crippen LogP contribution in [0, 0.1) is 0 Å². The van der Waals surface area contributed by atoms with E-state index < -0.39 is 0 Å². The Morgan fingerprint density at radius 2 is 2.22 bits per heavy atom. The largest absolute Gasteiger partial charge is 0.508 e. The summed E-state index contributed by atoms with van der Waals surface area (Å²) in [5.74, 6) is 1.02. The van der Waals surface area contributed by atoms with Crippen molar-refractivity contribution in [2.24, 2.45) is 0 Å². The van der Waals surface area contributed by atoms with E-state index in [1.807, 2.05) is 18.3 Å². The van der Waals surface area contributed by atoms with Gasteiger partial charge in [-0.15, -0.1) is 11.3 Å². The maximum atomic E-state index is 9.54.